The standard InChI is InChI=1S/C42H76O9/c1-5-9-12-15-18-22-27-38(8-4)51-41(46)29-24-21-23-28-39(44)49-35-37(34-43)36-50-40(45)30-31-42(47-32-25-19-16-13-10-6-2)48-33-26-20-17-14-11-7-3/h10-11,13-14,37-38,42-43H,5-9,12,15-36H2,1-4H3/b13-10-,14-11-. The molecule has 9 nitrogen and oxygen atoms in total. The van der Waals surface area contributed by atoms with Crippen LogP contribution in [0.2, 0.25) is 0 Å². The summed E-state index contributed by atoms with van der Waals surface area (Å²) < 4.78 is 28.3. The van der Waals surface area contributed by atoms with Crippen molar-refractivity contribution in [2.75, 3.05) is 33.0 Å². The van der Waals surface area contributed by atoms with E-state index in [9.17, 15) is 19.5 Å². The van der Waals surface area contributed by atoms with E-state index in [1.165, 1.54) is 32.1 Å². The number of ether oxygens (including phenoxy) is 5. The van der Waals surface area contributed by atoms with E-state index in [0.29, 0.717) is 38.9 Å². The number of esters is 3. The second kappa shape index (κ2) is 37.5. The van der Waals surface area contributed by atoms with Crippen LogP contribution in [-0.4, -0.2) is 68.4 Å². The summed E-state index contributed by atoms with van der Waals surface area (Å²) >= 11 is 0. The van der Waals surface area contributed by atoms with Crippen molar-refractivity contribution in [2.24, 2.45) is 5.92 Å². The minimum Gasteiger partial charge on any atom is -0.465 e. The van der Waals surface area contributed by atoms with Crippen molar-refractivity contribution in [1.29, 1.82) is 0 Å². The first-order valence-corrected chi connectivity index (χ1v) is 20.5. The molecule has 0 aromatic heterocycles. The van der Waals surface area contributed by atoms with E-state index in [-0.39, 0.29) is 50.7 Å². The number of carbonyl (C=O) groups excluding carboxylic acids is 3. The maximum atomic E-state index is 12.5. The molecule has 0 aliphatic heterocycles. The van der Waals surface area contributed by atoms with Crippen LogP contribution in [0.5, 0.6) is 0 Å². The van der Waals surface area contributed by atoms with Gasteiger partial charge in [-0.3, -0.25) is 14.4 Å². The Balaban J connectivity index is 4.27. The summed E-state index contributed by atoms with van der Waals surface area (Å²) in [4.78, 5) is 37.0. The molecule has 298 valence electrons. The molecule has 0 aromatic carbocycles. The SMILES string of the molecule is CC/C=C\CCCCOC(CCC(=O)OCC(CO)COC(=O)CCCCCC(=O)OC(CC)CCCCCCCC)OCCCC/C=C\CC. The molecular weight excluding hydrogens is 648 g/mol. The number of unbranched alkanes of at least 4 members (excludes halogenated alkanes) is 11. The summed E-state index contributed by atoms with van der Waals surface area (Å²) in [5.41, 5.74) is 0. The Morgan fingerprint density at radius 1 is 0.569 bits per heavy atom. The van der Waals surface area contributed by atoms with Crippen LogP contribution in [-0.2, 0) is 38.1 Å². The van der Waals surface area contributed by atoms with Crippen molar-refractivity contribution >= 4 is 17.9 Å². The summed E-state index contributed by atoms with van der Waals surface area (Å²) in [6.45, 7) is 9.33. The lowest BCUT2D eigenvalue weighted by Crippen LogP contribution is -2.25. The first-order chi connectivity index (χ1) is 24.9. The predicted molar refractivity (Wildman–Crippen MR) is 205 cm³/mol. The fourth-order valence-electron chi connectivity index (χ4n) is 5.36. The average Bonchev–Trinajstić information content (AvgIpc) is 3.13. The van der Waals surface area contributed by atoms with Gasteiger partial charge in [0.2, 0.25) is 0 Å². The Kier molecular flexibility index (Phi) is 35.9. The highest BCUT2D eigenvalue weighted by Gasteiger charge is 2.17. The fraction of sp³-hybridized carbons (Fsp3) is 0.833. The van der Waals surface area contributed by atoms with E-state index in [1.54, 1.807) is 0 Å². The normalized spacial score (nSPS) is 12.9. The Labute approximate surface area is 311 Å². The number of hydrogen-bond donors (Lipinski definition) is 1. The fourth-order valence-corrected chi connectivity index (χ4v) is 5.36. The van der Waals surface area contributed by atoms with E-state index >= 15 is 0 Å². The van der Waals surface area contributed by atoms with Gasteiger partial charge in [0, 0.05) is 32.5 Å². The molecule has 0 saturated carbocycles. The first kappa shape index (κ1) is 48.8. The zero-order valence-electron chi connectivity index (χ0n) is 33.1. The lowest BCUT2D eigenvalue weighted by atomic mass is 10.1. The average molecular weight is 725 g/mol. The van der Waals surface area contributed by atoms with E-state index in [2.05, 4.69) is 52.0 Å². The second-order valence-electron chi connectivity index (χ2n) is 13.5. The quantitative estimate of drug-likeness (QED) is 0.0220. The second-order valence-corrected chi connectivity index (χ2v) is 13.5. The molecule has 1 N–H and O–H groups in total. The maximum Gasteiger partial charge on any atom is 0.306 e. The molecule has 2 atom stereocenters. The molecule has 0 aliphatic rings. The zero-order chi connectivity index (χ0) is 37.6. The van der Waals surface area contributed by atoms with Crippen molar-refractivity contribution in [3.05, 3.63) is 24.3 Å². The minimum atomic E-state index is -0.498. The molecule has 0 spiro atoms. The smallest absolute Gasteiger partial charge is 0.306 e. The lowest BCUT2D eigenvalue weighted by Gasteiger charge is -2.19. The van der Waals surface area contributed by atoms with Crippen LogP contribution in [0.3, 0.4) is 0 Å². The Morgan fingerprint density at radius 3 is 1.65 bits per heavy atom. The van der Waals surface area contributed by atoms with Gasteiger partial charge in [0.05, 0.1) is 32.2 Å². The van der Waals surface area contributed by atoms with Crippen LogP contribution in [0.1, 0.15) is 175 Å². The third-order valence-electron chi connectivity index (χ3n) is 8.64. The molecule has 0 aliphatic carbocycles. The van der Waals surface area contributed by atoms with Gasteiger partial charge < -0.3 is 28.8 Å². The number of aliphatic hydroxyl groups is 1. The monoisotopic (exact) mass is 725 g/mol. The summed E-state index contributed by atoms with van der Waals surface area (Å²) in [5, 5.41) is 9.74. The Hall–Kier alpha value is -2.23. The van der Waals surface area contributed by atoms with Crippen LogP contribution >= 0.6 is 0 Å². The largest absolute Gasteiger partial charge is 0.465 e. The van der Waals surface area contributed by atoms with Gasteiger partial charge in [0.25, 0.3) is 0 Å². The molecule has 0 amide bonds. The van der Waals surface area contributed by atoms with Crippen molar-refractivity contribution < 1.29 is 43.2 Å². The molecular formula is C42H76O9. The molecule has 0 aromatic rings. The molecule has 51 heavy (non-hydrogen) atoms. The first-order valence-electron chi connectivity index (χ1n) is 20.5. The van der Waals surface area contributed by atoms with Gasteiger partial charge in [0.15, 0.2) is 6.29 Å². The summed E-state index contributed by atoms with van der Waals surface area (Å²) in [6, 6.07) is 0. The zero-order valence-corrected chi connectivity index (χ0v) is 33.1. The molecule has 9 heteroatoms. The third kappa shape index (κ3) is 33.4. The van der Waals surface area contributed by atoms with Gasteiger partial charge in [-0.15, -0.1) is 0 Å². The maximum absolute atomic E-state index is 12.5. The van der Waals surface area contributed by atoms with Gasteiger partial charge in [-0.05, 0) is 83.5 Å². The molecule has 0 fully saturated rings. The molecule has 0 bridgehead atoms. The summed E-state index contributed by atoms with van der Waals surface area (Å²) in [5.74, 6) is -1.43. The molecule has 0 rings (SSSR count). The van der Waals surface area contributed by atoms with E-state index in [4.69, 9.17) is 23.7 Å². The van der Waals surface area contributed by atoms with Gasteiger partial charge in [-0.1, -0.05) is 90.5 Å². The van der Waals surface area contributed by atoms with Crippen molar-refractivity contribution in [1.82, 2.24) is 0 Å². The van der Waals surface area contributed by atoms with Gasteiger partial charge in [0.1, 0.15) is 6.10 Å². The van der Waals surface area contributed by atoms with Crippen LogP contribution in [0, 0.1) is 5.92 Å². The predicted octanol–water partition coefficient (Wildman–Crippen LogP) is 10.1. The van der Waals surface area contributed by atoms with Gasteiger partial charge >= 0.3 is 17.9 Å². The topological polar surface area (TPSA) is 118 Å². The summed E-state index contributed by atoms with van der Waals surface area (Å²) in [7, 11) is 0. The molecule has 0 heterocycles. The number of hydrogen-bond acceptors (Lipinski definition) is 9. The van der Waals surface area contributed by atoms with E-state index in [1.807, 2.05) is 0 Å². The lowest BCUT2D eigenvalue weighted by molar-refractivity contribution is -0.161. The van der Waals surface area contributed by atoms with Crippen LogP contribution in [0.15, 0.2) is 24.3 Å². The highest BCUT2D eigenvalue weighted by Crippen LogP contribution is 2.15. The van der Waals surface area contributed by atoms with Crippen LogP contribution in [0.4, 0.5) is 0 Å². The van der Waals surface area contributed by atoms with Gasteiger partial charge in [-0.2, -0.15) is 0 Å². The number of allylic oxidation sites excluding steroid dienone is 4. The molecule has 2 unspecified atom stereocenters. The number of aliphatic hydroxyl groups excluding tert-OH is 1. The van der Waals surface area contributed by atoms with Crippen molar-refractivity contribution in [2.45, 2.75) is 188 Å². The van der Waals surface area contributed by atoms with Gasteiger partial charge in [-0.25, -0.2) is 0 Å². The Morgan fingerprint density at radius 2 is 1.10 bits per heavy atom. The summed E-state index contributed by atoms with van der Waals surface area (Å²) in [6.07, 6.45) is 28.5. The van der Waals surface area contributed by atoms with E-state index < -0.39 is 18.2 Å². The third-order valence-corrected chi connectivity index (χ3v) is 8.64. The number of carbonyl (C=O) groups is 3. The molecule has 0 radical (unpaired) electrons. The highest BCUT2D eigenvalue weighted by atomic mass is 16.7. The number of rotatable bonds is 37. The van der Waals surface area contributed by atoms with Crippen molar-refractivity contribution in [3.63, 3.8) is 0 Å². The Bertz CT molecular complexity index is 848. The van der Waals surface area contributed by atoms with E-state index in [0.717, 1.165) is 77.0 Å². The van der Waals surface area contributed by atoms with Crippen molar-refractivity contribution in [3.8, 4) is 0 Å². The van der Waals surface area contributed by atoms with Crippen LogP contribution in [0.25, 0.3) is 0 Å². The minimum absolute atomic E-state index is 0.00632. The molecule has 0 saturated heterocycles. The highest BCUT2D eigenvalue weighted by molar-refractivity contribution is 5.70. The van der Waals surface area contributed by atoms with Crippen LogP contribution < -0.4 is 0 Å².